The lowest BCUT2D eigenvalue weighted by Gasteiger charge is -2.32. The van der Waals surface area contributed by atoms with Crippen LogP contribution in [0, 0.1) is 0 Å². The summed E-state index contributed by atoms with van der Waals surface area (Å²) in [6.07, 6.45) is 7.91. The molecule has 1 fully saturated rings. The molecule has 0 saturated carbocycles. The summed E-state index contributed by atoms with van der Waals surface area (Å²) < 4.78 is 7.21. The zero-order valence-electron chi connectivity index (χ0n) is 15.1. The maximum Gasteiger partial charge on any atom is 0.138 e. The number of hydrogen-bond donors (Lipinski definition) is 0. The Bertz CT molecular complexity index is 829. The molecule has 5 nitrogen and oxygen atoms in total. The summed E-state index contributed by atoms with van der Waals surface area (Å²) in [5.74, 6) is 2.32. The van der Waals surface area contributed by atoms with E-state index in [-0.39, 0.29) is 0 Å². The molecular formula is C21H24N4O. The number of ether oxygens (including phenoxy) is 1. The van der Waals surface area contributed by atoms with Crippen LogP contribution in [0.25, 0.3) is 5.82 Å². The number of pyridine rings is 1. The molecule has 4 rings (SSSR count). The van der Waals surface area contributed by atoms with Gasteiger partial charge in [-0.15, -0.1) is 0 Å². The molecule has 5 heteroatoms. The molecule has 0 aliphatic carbocycles. The fourth-order valence-electron chi connectivity index (χ4n) is 3.64. The van der Waals surface area contributed by atoms with E-state index in [9.17, 15) is 0 Å². The number of benzene rings is 1. The minimum Gasteiger partial charge on any atom is -0.497 e. The number of piperidine rings is 1. The summed E-state index contributed by atoms with van der Waals surface area (Å²) in [5.41, 5.74) is 2.50. The topological polar surface area (TPSA) is 43.2 Å². The van der Waals surface area contributed by atoms with Crippen molar-refractivity contribution in [2.45, 2.75) is 25.3 Å². The summed E-state index contributed by atoms with van der Waals surface area (Å²) in [6.45, 7) is 3.16. The van der Waals surface area contributed by atoms with Crippen LogP contribution in [0.4, 0.5) is 0 Å². The minimum atomic E-state index is 0.477. The second-order valence-electron chi connectivity index (χ2n) is 6.81. The molecule has 2 aromatic heterocycles. The lowest BCUT2D eigenvalue weighted by molar-refractivity contribution is 0.198. The molecule has 3 heterocycles. The first-order valence-electron chi connectivity index (χ1n) is 9.12. The van der Waals surface area contributed by atoms with Gasteiger partial charge >= 0.3 is 0 Å². The molecule has 0 bridgehead atoms. The molecule has 1 atom stereocenters. The van der Waals surface area contributed by atoms with E-state index in [0.29, 0.717) is 5.92 Å². The van der Waals surface area contributed by atoms with Crippen LogP contribution in [-0.2, 0) is 6.54 Å². The van der Waals surface area contributed by atoms with Gasteiger partial charge in [-0.25, -0.2) is 9.97 Å². The van der Waals surface area contributed by atoms with Gasteiger partial charge in [-0.1, -0.05) is 18.2 Å². The summed E-state index contributed by atoms with van der Waals surface area (Å²) in [5, 5.41) is 0. The number of methoxy groups -OCH3 is 1. The number of nitrogens with zero attached hydrogens (tertiary/aromatic N) is 4. The van der Waals surface area contributed by atoms with Crippen molar-refractivity contribution < 1.29 is 4.74 Å². The molecule has 0 amide bonds. The third-order valence-electron chi connectivity index (χ3n) is 5.01. The first-order valence-corrected chi connectivity index (χ1v) is 9.12. The molecule has 1 saturated heterocycles. The SMILES string of the molecule is COc1ccc(CN2CCC[C@H](c3cccc(-n4ccnc4)n3)C2)cc1. The number of hydrogen-bond acceptors (Lipinski definition) is 4. The highest BCUT2D eigenvalue weighted by Gasteiger charge is 2.22. The first kappa shape index (κ1) is 16.8. The third-order valence-corrected chi connectivity index (χ3v) is 5.01. The van der Waals surface area contributed by atoms with Crippen LogP contribution < -0.4 is 4.74 Å². The molecule has 0 radical (unpaired) electrons. The van der Waals surface area contributed by atoms with Gasteiger partial charge in [0.2, 0.25) is 0 Å². The van der Waals surface area contributed by atoms with Gasteiger partial charge in [0.05, 0.1) is 7.11 Å². The zero-order chi connectivity index (χ0) is 17.8. The summed E-state index contributed by atoms with van der Waals surface area (Å²) >= 11 is 0. The second kappa shape index (κ2) is 7.70. The Morgan fingerprint density at radius 1 is 1.15 bits per heavy atom. The van der Waals surface area contributed by atoms with E-state index in [1.165, 1.54) is 24.1 Å². The van der Waals surface area contributed by atoms with Gasteiger partial charge in [0.15, 0.2) is 0 Å². The predicted molar refractivity (Wildman–Crippen MR) is 102 cm³/mol. The van der Waals surface area contributed by atoms with Crippen molar-refractivity contribution in [2.24, 2.45) is 0 Å². The third kappa shape index (κ3) is 3.78. The van der Waals surface area contributed by atoms with Crippen molar-refractivity contribution >= 4 is 0 Å². The number of rotatable bonds is 5. The van der Waals surface area contributed by atoms with Crippen LogP contribution >= 0.6 is 0 Å². The van der Waals surface area contributed by atoms with Gasteiger partial charge in [0, 0.05) is 37.1 Å². The molecule has 1 aromatic carbocycles. The highest BCUT2D eigenvalue weighted by Crippen LogP contribution is 2.27. The Balaban J connectivity index is 1.45. The number of aromatic nitrogens is 3. The van der Waals surface area contributed by atoms with Gasteiger partial charge in [-0.05, 0) is 49.2 Å². The molecule has 0 unspecified atom stereocenters. The van der Waals surface area contributed by atoms with Gasteiger partial charge in [0.25, 0.3) is 0 Å². The normalized spacial score (nSPS) is 18.0. The largest absolute Gasteiger partial charge is 0.497 e. The van der Waals surface area contributed by atoms with Gasteiger partial charge in [-0.2, -0.15) is 0 Å². The quantitative estimate of drug-likeness (QED) is 0.706. The van der Waals surface area contributed by atoms with Crippen LogP contribution in [0.15, 0.2) is 61.2 Å². The highest BCUT2D eigenvalue weighted by atomic mass is 16.5. The lowest BCUT2D eigenvalue weighted by Crippen LogP contribution is -2.34. The maximum atomic E-state index is 5.25. The van der Waals surface area contributed by atoms with E-state index in [1.807, 2.05) is 29.0 Å². The Morgan fingerprint density at radius 2 is 2.04 bits per heavy atom. The van der Waals surface area contributed by atoms with Crippen molar-refractivity contribution in [3.8, 4) is 11.6 Å². The van der Waals surface area contributed by atoms with Crippen molar-refractivity contribution in [1.82, 2.24) is 19.4 Å². The van der Waals surface area contributed by atoms with E-state index >= 15 is 0 Å². The van der Waals surface area contributed by atoms with Gasteiger partial charge in [0.1, 0.15) is 17.9 Å². The Hall–Kier alpha value is -2.66. The van der Waals surface area contributed by atoms with Crippen LogP contribution in [0.2, 0.25) is 0 Å². The zero-order valence-corrected chi connectivity index (χ0v) is 15.1. The van der Waals surface area contributed by atoms with Gasteiger partial charge in [-0.3, -0.25) is 9.47 Å². The highest BCUT2D eigenvalue weighted by molar-refractivity contribution is 5.28. The minimum absolute atomic E-state index is 0.477. The van der Waals surface area contributed by atoms with Gasteiger partial charge < -0.3 is 4.74 Å². The van der Waals surface area contributed by atoms with Crippen LogP contribution in [-0.4, -0.2) is 39.6 Å². The smallest absolute Gasteiger partial charge is 0.138 e. The molecule has 26 heavy (non-hydrogen) atoms. The summed E-state index contributed by atoms with van der Waals surface area (Å²) in [7, 11) is 1.70. The maximum absolute atomic E-state index is 5.25. The fourth-order valence-corrected chi connectivity index (χ4v) is 3.64. The standard InChI is InChI=1S/C21H24N4O/c1-26-19-9-7-17(8-10-19)14-24-12-3-4-18(15-24)20-5-2-6-21(23-20)25-13-11-22-16-25/h2,5-11,13,16,18H,3-4,12,14-15H2,1H3/t18-/m0/s1. The fraction of sp³-hybridized carbons (Fsp3) is 0.333. The van der Waals surface area contributed by atoms with Crippen molar-refractivity contribution in [3.05, 3.63) is 72.4 Å². The van der Waals surface area contributed by atoms with Crippen LogP contribution in [0.3, 0.4) is 0 Å². The van der Waals surface area contributed by atoms with E-state index in [1.54, 1.807) is 19.6 Å². The molecular weight excluding hydrogens is 324 g/mol. The predicted octanol–water partition coefficient (Wildman–Crippen LogP) is 3.66. The molecule has 0 N–H and O–H groups in total. The Labute approximate surface area is 154 Å². The van der Waals surface area contributed by atoms with E-state index in [2.05, 4.69) is 34.1 Å². The van der Waals surface area contributed by atoms with Crippen molar-refractivity contribution in [1.29, 1.82) is 0 Å². The molecule has 1 aliphatic rings. The second-order valence-corrected chi connectivity index (χ2v) is 6.81. The van der Waals surface area contributed by atoms with E-state index in [4.69, 9.17) is 9.72 Å². The van der Waals surface area contributed by atoms with E-state index in [0.717, 1.165) is 31.2 Å². The summed E-state index contributed by atoms with van der Waals surface area (Å²) in [6, 6.07) is 14.7. The molecule has 0 spiro atoms. The average molecular weight is 348 g/mol. The molecule has 3 aromatic rings. The van der Waals surface area contributed by atoms with Crippen molar-refractivity contribution in [2.75, 3.05) is 20.2 Å². The number of imidazole rings is 1. The summed E-state index contributed by atoms with van der Waals surface area (Å²) in [4.78, 5) is 11.5. The monoisotopic (exact) mass is 348 g/mol. The Morgan fingerprint density at radius 3 is 2.81 bits per heavy atom. The number of likely N-dealkylation sites (tertiary alicyclic amines) is 1. The molecule has 1 aliphatic heterocycles. The van der Waals surface area contributed by atoms with E-state index < -0.39 is 0 Å². The first-order chi connectivity index (χ1) is 12.8. The Kier molecular flexibility index (Phi) is 4.97. The average Bonchev–Trinajstić information content (AvgIpc) is 3.24. The van der Waals surface area contributed by atoms with Crippen LogP contribution in [0.1, 0.15) is 30.0 Å². The lowest BCUT2D eigenvalue weighted by atomic mass is 9.94. The van der Waals surface area contributed by atoms with Crippen molar-refractivity contribution in [3.63, 3.8) is 0 Å². The van der Waals surface area contributed by atoms with Crippen LogP contribution in [0.5, 0.6) is 5.75 Å². The molecule has 134 valence electrons.